The Balaban J connectivity index is 0.000000921. The highest BCUT2D eigenvalue weighted by Crippen LogP contribution is 2.12. The highest BCUT2D eigenvalue weighted by atomic mass is 127. The first kappa shape index (κ1) is 14.3. The first-order valence-electron chi connectivity index (χ1n) is 3.55. The summed E-state index contributed by atoms with van der Waals surface area (Å²) in [6.07, 6.45) is 0. The summed E-state index contributed by atoms with van der Waals surface area (Å²) >= 11 is 2.41. The molecule has 6 heteroatoms. The lowest BCUT2D eigenvalue weighted by atomic mass is 10.1. The van der Waals surface area contributed by atoms with Crippen molar-refractivity contribution in [2.24, 2.45) is 0 Å². The highest BCUT2D eigenvalue weighted by molar-refractivity contribution is 14.2. The number of thiocyanates is 1. The van der Waals surface area contributed by atoms with Gasteiger partial charge in [-0.3, -0.25) is 4.79 Å². The molecular formula is C9H5IN2OS2. The SMILES string of the molecule is N#CSC(=O)c1cccc(C#N)c1.SI. The molecule has 3 nitrogen and oxygen atoms in total. The third-order valence-corrected chi connectivity index (χ3v) is 1.88. The quantitative estimate of drug-likeness (QED) is 0.481. The number of benzene rings is 1. The van der Waals surface area contributed by atoms with E-state index in [1.54, 1.807) is 23.6 Å². The van der Waals surface area contributed by atoms with Crippen molar-refractivity contribution in [2.45, 2.75) is 0 Å². The molecule has 0 N–H and O–H groups in total. The molecule has 15 heavy (non-hydrogen) atoms. The molecule has 0 aromatic heterocycles. The summed E-state index contributed by atoms with van der Waals surface area (Å²) < 4.78 is 0. The molecule has 0 aliphatic rings. The van der Waals surface area contributed by atoms with Gasteiger partial charge in [-0.2, -0.15) is 10.5 Å². The summed E-state index contributed by atoms with van der Waals surface area (Å²) in [6, 6.07) is 8.18. The second-order valence-electron chi connectivity index (χ2n) is 2.17. The Morgan fingerprint density at radius 2 is 2.07 bits per heavy atom. The monoisotopic (exact) mass is 348 g/mol. The minimum absolute atomic E-state index is 0.334. The number of thioether (sulfide) groups is 1. The number of hydrogen-bond donors (Lipinski definition) is 1. The predicted molar refractivity (Wildman–Crippen MR) is 71.7 cm³/mol. The topological polar surface area (TPSA) is 64.7 Å². The number of nitrogens with zero attached hydrogens (tertiary/aromatic N) is 2. The summed E-state index contributed by atoms with van der Waals surface area (Å²) in [4.78, 5) is 11.1. The Hall–Kier alpha value is -0.700. The lowest BCUT2D eigenvalue weighted by Crippen LogP contribution is -1.91. The first-order chi connectivity index (χ1) is 7.27. The van der Waals surface area contributed by atoms with Gasteiger partial charge in [0.25, 0.3) is 0 Å². The minimum atomic E-state index is -0.334. The van der Waals surface area contributed by atoms with Crippen LogP contribution in [0.15, 0.2) is 24.3 Å². The zero-order valence-electron chi connectivity index (χ0n) is 7.35. The van der Waals surface area contributed by atoms with E-state index in [0.717, 1.165) is 0 Å². The van der Waals surface area contributed by atoms with Gasteiger partial charge in [0.05, 0.1) is 11.6 Å². The third-order valence-electron chi connectivity index (χ3n) is 1.37. The van der Waals surface area contributed by atoms with Gasteiger partial charge in [0.15, 0.2) is 0 Å². The fourth-order valence-corrected chi connectivity index (χ4v) is 1.14. The normalized spacial score (nSPS) is 7.73. The fourth-order valence-electron chi connectivity index (χ4n) is 0.816. The molecule has 0 aliphatic carbocycles. The zero-order chi connectivity index (χ0) is 11.7. The van der Waals surface area contributed by atoms with Crippen molar-refractivity contribution in [1.82, 2.24) is 0 Å². The van der Waals surface area contributed by atoms with Crippen molar-refractivity contribution in [3.05, 3.63) is 35.4 Å². The smallest absolute Gasteiger partial charge is 0.233 e. The summed E-state index contributed by atoms with van der Waals surface area (Å²) in [7, 11) is 3.50. The number of halogens is 1. The maximum absolute atomic E-state index is 11.1. The van der Waals surface area contributed by atoms with E-state index in [2.05, 4.69) is 9.80 Å². The van der Waals surface area contributed by atoms with Gasteiger partial charge in [-0.1, -0.05) is 12.1 Å². The van der Waals surface area contributed by atoms with Crippen LogP contribution in [0.25, 0.3) is 0 Å². The molecule has 0 heterocycles. The van der Waals surface area contributed by atoms with E-state index >= 15 is 0 Å². The lowest BCUT2D eigenvalue weighted by Gasteiger charge is -1.94. The molecule has 0 unspecified atom stereocenters. The van der Waals surface area contributed by atoms with E-state index < -0.39 is 0 Å². The van der Waals surface area contributed by atoms with Crippen LogP contribution < -0.4 is 0 Å². The van der Waals surface area contributed by atoms with Gasteiger partial charge in [-0.25, -0.2) is 0 Å². The number of thiol groups is 1. The van der Waals surface area contributed by atoms with Gasteiger partial charge in [-0.05, 0) is 33.3 Å². The Bertz CT molecular complexity index is 423. The zero-order valence-corrected chi connectivity index (χ0v) is 11.2. The number of nitriles is 2. The third kappa shape index (κ3) is 5.07. The molecular weight excluding hydrogens is 343 g/mol. The minimum Gasteiger partial charge on any atom is -0.280 e. The molecule has 0 bridgehead atoms. The van der Waals surface area contributed by atoms with Crippen LogP contribution in [0.3, 0.4) is 0 Å². The van der Waals surface area contributed by atoms with Gasteiger partial charge < -0.3 is 0 Å². The second kappa shape index (κ2) is 8.60. The first-order valence-corrected chi connectivity index (χ1v) is 7.60. The Kier molecular flexibility index (Phi) is 8.19. The van der Waals surface area contributed by atoms with Crippen LogP contribution in [0.5, 0.6) is 0 Å². The van der Waals surface area contributed by atoms with Crippen LogP contribution in [-0.2, 0) is 0 Å². The standard InChI is InChI=1S/C9H4N2OS.HIS/c10-5-7-2-1-3-8(4-7)9(12)13-6-11;1-2/h1-4H;2H. The number of hydrogen-bond acceptors (Lipinski definition) is 5. The van der Waals surface area contributed by atoms with E-state index in [-0.39, 0.29) is 5.12 Å². The van der Waals surface area contributed by atoms with Crippen LogP contribution in [0, 0.1) is 22.0 Å². The van der Waals surface area contributed by atoms with E-state index in [4.69, 9.17) is 10.5 Å². The van der Waals surface area contributed by atoms with Crippen LogP contribution in [0.1, 0.15) is 15.9 Å². The van der Waals surface area contributed by atoms with Crippen LogP contribution in [0.2, 0.25) is 0 Å². The molecule has 0 amide bonds. The maximum atomic E-state index is 11.1. The summed E-state index contributed by atoms with van der Waals surface area (Å²) in [5.41, 5.74) is 0.801. The molecule has 0 spiro atoms. The van der Waals surface area contributed by atoms with Crippen LogP contribution in [0.4, 0.5) is 0 Å². The largest absolute Gasteiger partial charge is 0.280 e. The van der Waals surface area contributed by atoms with Crippen molar-refractivity contribution in [3.63, 3.8) is 0 Å². The molecule has 1 aromatic rings. The summed E-state index contributed by atoms with van der Waals surface area (Å²) in [6.45, 7) is 0. The van der Waals surface area contributed by atoms with Gasteiger partial charge in [-0.15, -0.1) is 9.80 Å². The van der Waals surface area contributed by atoms with Crippen molar-refractivity contribution >= 4 is 47.9 Å². The average Bonchev–Trinajstić information content (AvgIpc) is 2.32. The van der Waals surface area contributed by atoms with Crippen molar-refractivity contribution in [1.29, 1.82) is 10.5 Å². The summed E-state index contributed by atoms with van der Waals surface area (Å²) in [5.74, 6) is 0. The Labute approximate surface area is 109 Å². The Morgan fingerprint density at radius 1 is 1.40 bits per heavy atom. The van der Waals surface area contributed by atoms with E-state index in [0.29, 0.717) is 22.9 Å². The fraction of sp³-hybridized carbons (Fsp3) is 0. The van der Waals surface area contributed by atoms with Crippen LogP contribution in [-0.4, -0.2) is 5.12 Å². The number of carbonyl (C=O) groups is 1. The van der Waals surface area contributed by atoms with Crippen LogP contribution >= 0.6 is 42.8 Å². The Morgan fingerprint density at radius 3 is 2.60 bits per heavy atom. The summed E-state index contributed by atoms with van der Waals surface area (Å²) in [5, 5.41) is 18.1. The van der Waals surface area contributed by atoms with Gasteiger partial charge in [0.1, 0.15) is 5.40 Å². The van der Waals surface area contributed by atoms with Gasteiger partial charge >= 0.3 is 0 Å². The average molecular weight is 348 g/mol. The molecule has 0 fully saturated rings. The van der Waals surface area contributed by atoms with Crippen molar-refractivity contribution in [2.75, 3.05) is 0 Å². The van der Waals surface area contributed by atoms with E-state index in [1.165, 1.54) is 6.07 Å². The molecule has 0 radical (unpaired) electrons. The molecule has 1 aromatic carbocycles. The van der Waals surface area contributed by atoms with E-state index in [1.807, 2.05) is 27.3 Å². The molecule has 0 saturated carbocycles. The predicted octanol–water partition coefficient (Wildman–Crippen LogP) is 3.18. The van der Waals surface area contributed by atoms with Gasteiger partial charge in [0.2, 0.25) is 5.12 Å². The van der Waals surface area contributed by atoms with Crippen molar-refractivity contribution in [3.8, 4) is 11.5 Å². The number of rotatable bonds is 1. The highest BCUT2D eigenvalue weighted by Gasteiger charge is 2.05. The number of carbonyl (C=O) groups excluding carboxylic acids is 1. The van der Waals surface area contributed by atoms with Gasteiger partial charge in [0, 0.05) is 17.3 Å². The van der Waals surface area contributed by atoms with E-state index in [9.17, 15) is 4.79 Å². The lowest BCUT2D eigenvalue weighted by molar-refractivity contribution is 0.109. The van der Waals surface area contributed by atoms with Crippen molar-refractivity contribution < 1.29 is 4.79 Å². The second-order valence-corrected chi connectivity index (χ2v) is 2.93. The molecule has 0 aliphatic heterocycles. The molecule has 0 atom stereocenters. The molecule has 1 rings (SSSR count). The maximum Gasteiger partial charge on any atom is 0.233 e. The molecule has 76 valence electrons. The molecule has 0 saturated heterocycles.